The van der Waals surface area contributed by atoms with Crippen molar-refractivity contribution in [1.82, 2.24) is 25.9 Å². The summed E-state index contributed by atoms with van der Waals surface area (Å²) in [6.07, 6.45) is 0.0735. The molecule has 0 fully saturated rings. The zero-order chi connectivity index (χ0) is 28.1. The largest absolute Gasteiger partial charge is 0.481 e. The number of hydrogen-bond donors (Lipinski definition) is 9. The molecule has 11 N–H and O–H groups in total. The number of amides is 4. The van der Waals surface area contributed by atoms with Gasteiger partial charge in [-0.1, -0.05) is 0 Å². The molecule has 0 saturated heterocycles. The highest BCUT2D eigenvalue weighted by atomic mass is 16.4. The molecule has 4 unspecified atom stereocenters. The summed E-state index contributed by atoms with van der Waals surface area (Å²) in [7, 11) is 0. The molecule has 0 saturated carbocycles. The second-order valence-corrected chi connectivity index (χ2v) is 7.94. The zero-order valence-corrected chi connectivity index (χ0v) is 19.5. The van der Waals surface area contributed by atoms with Gasteiger partial charge in [-0.2, -0.15) is 0 Å². The fourth-order valence-corrected chi connectivity index (χ4v) is 2.99. The van der Waals surface area contributed by atoms with E-state index in [-0.39, 0.29) is 25.7 Å². The minimum atomic E-state index is -1.71. The topological polar surface area (TPSA) is 297 Å². The summed E-state index contributed by atoms with van der Waals surface area (Å²) < 4.78 is 0. The summed E-state index contributed by atoms with van der Waals surface area (Å²) in [6.45, 7) is 0. The average Bonchev–Trinajstić information content (AvgIpc) is 3.31. The van der Waals surface area contributed by atoms with Gasteiger partial charge in [0.25, 0.3) is 0 Å². The fourth-order valence-electron chi connectivity index (χ4n) is 2.99. The molecule has 4 atom stereocenters. The molecule has 17 nitrogen and oxygen atoms in total. The van der Waals surface area contributed by atoms with Crippen LogP contribution in [0.15, 0.2) is 12.5 Å². The Labute approximate surface area is 209 Å². The zero-order valence-electron chi connectivity index (χ0n) is 19.5. The SMILES string of the molecule is NC(=O)CCC(NC(=O)C(Cc1cnc[nH]1)NC(=O)C(CC(=O)O)NC(=O)C(N)CCC(=O)O)C(=O)O. The third-order valence-electron chi connectivity index (χ3n) is 4.92. The number of aromatic nitrogens is 2. The van der Waals surface area contributed by atoms with E-state index >= 15 is 0 Å². The minimum Gasteiger partial charge on any atom is -0.481 e. The Morgan fingerprint density at radius 1 is 0.838 bits per heavy atom. The van der Waals surface area contributed by atoms with Crippen LogP contribution in [-0.2, 0) is 40.0 Å². The van der Waals surface area contributed by atoms with Crippen LogP contribution in [-0.4, -0.2) is 91.0 Å². The van der Waals surface area contributed by atoms with Gasteiger partial charge in [-0.15, -0.1) is 0 Å². The summed E-state index contributed by atoms with van der Waals surface area (Å²) >= 11 is 0. The van der Waals surface area contributed by atoms with Crippen molar-refractivity contribution in [3.63, 3.8) is 0 Å². The molecule has 0 aliphatic carbocycles. The Hall–Kier alpha value is -4.54. The highest BCUT2D eigenvalue weighted by molar-refractivity contribution is 5.95. The molecule has 1 heterocycles. The smallest absolute Gasteiger partial charge is 0.326 e. The van der Waals surface area contributed by atoms with Gasteiger partial charge >= 0.3 is 17.9 Å². The summed E-state index contributed by atoms with van der Waals surface area (Å²) in [4.78, 5) is 88.9. The molecule has 204 valence electrons. The number of carbonyl (C=O) groups is 7. The van der Waals surface area contributed by atoms with Crippen molar-refractivity contribution in [2.24, 2.45) is 11.5 Å². The van der Waals surface area contributed by atoms with Crippen LogP contribution in [0.2, 0.25) is 0 Å². The molecule has 1 aromatic heterocycles. The van der Waals surface area contributed by atoms with Crippen LogP contribution < -0.4 is 27.4 Å². The Morgan fingerprint density at radius 2 is 1.43 bits per heavy atom. The van der Waals surface area contributed by atoms with Gasteiger partial charge in [0, 0.05) is 31.2 Å². The number of nitrogens with two attached hydrogens (primary N) is 2. The Kier molecular flexibility index (Phi) is 12.2. The maximum atomic E-state index is 12.9. The van der Waals surface area contributed by atoms with Crippen molar-refractivity contribution in [2.45, 2.75) is 62.7 Å². The van der Waals surface area contributed by atoms with Crippen LogP contribution in [0.4, 0.5) is 0 Å². The van der Waals surface area contributed by atoms with Crippen LogP contribution >= 0.6 is 0 Å². The quantitative estimate of drug-likeness (QED) is 0.0950. The van der Waals surface area contributed by atoms with Crippen molar-refractivity contribution in [2.75, 3.05) is 0 Å². The van der Waals surface area contributed by atoms with Gasteiger partial charge in [0.2, 0.25) is 23.6 Å². The molecular weight excluding hydrogens is 498 g/mol. The van der Waals surface area contributed by atoms with Gasteiger partial charge in [-0.05, 0) is 12.8 Å². The lowest BCUT2D eigenvalue weighted by molar-refractivity contribution is -0.143. The van der Waals surface area contributed by atoms with E-state index < -0.39 is 78.5 Å². The number of carboxylic acids is 3. The highest BCUT2D eigenvalue weighted by Gasteiger charge is 2.32. The molecule has 0 bridgehead atoms. The van der Waals surface area contributed by atoms with Gasteiger partial charge in [0.15, 0.2) is 0 Å². The van der Waals surface area contributed by atoms with Crippen molar-refractivity contribution < 1.29 is 48.9 Å². The first-order valence-corrected chi connectivity index (χ1v) is 10.9. The van der Waals surface area contributed by atoms with E-state index in [1.165, 1.54) is 12.5 Å². The number of aliphatic carboxylic acids is 3. The summed E-state index contributed by atoms with van der Waals surface area (Å²) in [5.74, 6) is -8.04. The number of nitrogens with one attached hydrogen (secondary N) is 4. The molecular formula is C20H29N7O10. The maximum absolute atomic E-state index is 12.9. The standard InChI is InChI=1S/C20H29N7O10/c21-10(1-4-15(29)30)17(33)26-13(6-16(31)32)19(35)27-12(5-9-7-23-8-24-9)18(34)25-11(20(36)37)2-3-14(22)28/h7-8,10-13H,1-6,21H2,(H2,22,28)(H,23,24)(H,25,34)(H,26,33)(H,27,35)(H,29,30)(H,31,32)(H,36,37). The molecule has 0 spiro atoms. The molecule has 4 amide bonds. The first kappa shape index (κ1) is 30.5. The number of aromatic amines is 1. The molecule has 17 heteroatoms. The lowest BCUT2D eigenvalue weighted by atomic mass is 10.1. The van der Waals surface area contributed by atoms with Crippen molar-refractivity contribution in [3.05, 3.63) is 18.2 Å². The summed E-state index contributed by atoms with van der Waals surface area (Å²) in [6, 6.07) is -6.05. The van der Waals surface area contributed by atoms with E-state index in [0.29, 0.717) is 5.69 Å². The number of hydrogen-bond acceptors (Lipinski definition) is 9. The normalized spacial score (nSPS) is 13.9. The van der Waals surface area contributed by atoms with E-state index in [0.717, 1.165) is 0 Å². The molecule has 37 heavy (non-hydrogen) atoms. The molecule has 0 aliphatic heterocycles. The lowest BCUT2D eigenvalue weighted by Gasteiger charge is -2.24. The third kappa shape index (κ3) is 11.6. The third-order valence-corrected chi connectivity index (χ3v) is 4.92. The lowest BCUT2D eigenvalue weighted by Crippen LogP contribution is -2.58. The van der Waals surface area contributed by atoms with Crippen LogP contribution in [0.3, 0.4) is 0 Å². The van der Waals surface area contributed by atoms with Crippen LogP contribution in [0, 0.1) is 0 Å². The highest BCUT2D eigenvalue weighted by Crippen LogP contribution is 2.05. The Balaban J connectivity index is 3.05. The van der Waals surface area contributed by atoms with Gasteiger partial charge in [0.05, 0.1) is 18.8 Å². The van der Waals surface area contributed by atoms with Crippen molar-refractivity contribution in [1.29, 1.82) is 0 Å². The van der Waals surface area contributed by atoms with E-state index in [2.05, 4.69) is 25.9 Å². The molecule has 0 aliphatic rings. The summed E-state index contributed by atoms with van der Waals surface area (Å²) in [5, 5.41) is 33.8. The van der Waals surface area contributed by atoms with Crippen LogP contribution in [0.5, 0.6) is 0 Å². The van der Waals surface area contributed by atoms with Crippen LogP contribution in [0.25, 0.3) is 0 Å². The minimum absolute atomic E-state index is 0.231. The second kappa shape index (κ2) is 14.8. The fraction of sp³-hybridized carbons (Fsp3) is 0.500. The second-order valence-electron chi connectivity index (χ2n) is 7.94. The molecule has 0 aromatic carbocycles. The van der Waals surface area contributed by atoms with Gasteiger partial charge < -0.3 is 47.7 Å². The van der Waals surface area contributed by atoms with Crippen molar-refractivity contribution in [3.8, 4) is 0 Å². The van der Waals surface area contributed by atoms with E-state index in [1.807, 2.05) is 0 Å². The average molecular weight is 527 g/mol. The van der Waals surface area contributed by atoms with Crippen molar-refractivity contribution >= 4 is 41.5 Å². The van der Waals surface area contributed by atoms with Crippen LogP contribution in [0.1, 0.15) is 37.8 Å². The predicted molar refractivity (Wildman–Crippen MR) is 121 cm³/mol. The van der Waals surface area contributed by atoms with E-state index in [4.69, 9.17) is 21.7 Å². The first-order valence-electron chi connectivity index (χ1n) is 10.9. The molecule has 1 rings (SSSR count). The number of rotatable bonds is 17. The Morgan fingerprint density at radius 3 is 1.95 bits per heavy atom. The monoisotopic (exact) mass is 527 g/mol. The summed E-state index contributed by atoms with van der Waals surface area (Å²) in [5.41, 5.74) is 11.0. The first-order chi connectivity index (χ1) is 17.3. The number of imidazole rings is 1. The number of nitrogens with zero attached hydrogens (tertiary/aromatic N) is 1. The number of H-pyrrole nitrogens is 1. The van der Waals surface area contributed by atoms with Gasteiger partial charge in [-0.3, -0.25) is 28.8 Å². The predicted octanol–water partition coefficient (Wildman–Crippen LogP) is -3.58. The Bertz CT molecular complexity index is 998. The number of carbonyl (C=O) groups excluding carboxylic acids is 4. The number of carboxylic acid groups (broad SMARTS) is 3. The van der Waals surface area contributed by atoms with Gasteiger partial charge in [-0.25, -0.2) is 9.78 Å². The molecule has 0 radical (unpaired) electrons. The van der Waals surface area contributed by atoms with E-state index in [1.54, 1.807) is 0 Å². The molecule has 1 aromatic rings. The number of primary amides is 1. The maximum Gasteiger partial charge on any atom is 0.326 e. The van der Waals surface area contributed by atoms with E-state index in [9.17, 15) is 38.7 Å². The van der Waals surface area contributed by atoms with Gasteiger partial charge in [0.1, 0.15) is 18.1 Å².